The lowest BCUT2D eigenvalue weighted by atomic mass is 9.71. The molecule has 0 aromatic heterocycles. The van der Waals surface area contributed by atoms with Crippen molar-refractivity contribution in [2.45, 2.75) is 64.1 Å². The predicted molar refractivity (Wildman–Crippen MR) is 84.3 cm³/mol. The molecule has 8 heteroatoms. The summed E-state index contributed by atoms with van der Waals surface area (Å²) in [4.78, 5) is 36.2. The zero-order valence-electron chi connectivity index (χ0n) is 14.0. The number of ketones is 2. The van der Waals surface area contributed by atoms with Crippen LogP contribution in [0, 0.1) is 5.41 Å². The third-order valence-corrected chi connectivity index (χ3v) is 4.06. The van der Waals surface area contributed by atoms with Gasteiger partial charge in [0.1, 0.15) is 12.2 Å². The van der Waals surface area contributed by atoms with E-state index in [4.69, 9.17) is 10.2 Å². The summed E-state index contributed by atoms with van der Waals surface area (Å²) in [5, 5.41) is 46.3. The molecule has 0 rings (SSSR count). The molecule has 0 saturated heterocycles. The van der Waals surface area contributed by atoms with Gasteiger partial charge in [0.2, 0.25) is 0 Å². The lowest BCUT2D eigenvalue weighted by molar-refractivity contribution is -0.168. The van der Waals surface area contributed by atoms with Crippen molar-refractivity contribution in [1.82, 2.24) is 0 Å². The van der Waals surface area contributed by atoms with Gasteiger partial charge >= 0.3 is 5.97 Å². The van der Waals surface area contributed by atoms with E-state index in [0.29, 0.717) is 6.42 Å². The number of rotatable bonds is 14. The van der Waals surface area contributed by atoms with Gasteiger partial charge in [0, 0.05) is 0 Å². The minimum atomic E-state index is -2.67. The monoisotopic (exact) mass is 348 g/mol. The Balaban J connectivity index is 5.34. The highest BCUT2D eigenvalue weighted by Crippen LogP contribution is 2.31. The van der Waals surface area contributed by atoms with E-state index < -0.39 is 54.8 Å². The van der Waals surface area contributed by atoms with Crippen molar-refractivity contribution in [2.75, 3.05) is 13.2 Å². The number of carboxylic acid groups (broad SMARTS) is 1. The Morgan fingerprint density at radius 3 is 1.62 bits per heavy atom. The molecule has 2 atom stereocenters. The van der Waals surface area contributed by atoms with Crippen LogP contribution in [0.15, 0.2) is 0 Å². The van der Waals surface area contributed by atoms with E-state index in [1.165, 1.54) is 0 Å². The summed E-state index contributed by atoms with van der Waals surface area (Å²) >= 11 is 0. The Bertz CT molecular complexity index is 398. The van der Waals surface area contributed by atoms with Crippen LogP contribution in [0.5, 0.6) is 0 Å². The van der Waals surface area contributed by atoms with Gasteiger partial charge in [0.05, 0.1) is 13.2 Å². The molecule has 0 spiro atoms. The Labute approximate surface area is 141 Å². The average molecular weight is 348 g/mol. The number of hydrogen-bond donors (Lipinski definition) is 5. The number of carbonyl (C=O) groups is 3. The van der Waals surface area contributed by atoms with Gasteiger partial charge in [0.25, 0.3) is 0 Å². The number of hydrogen-bond acceptors (Lipinski definition) is 7. The summed E-state index contributed by atoms with van der Waals surface area (Å²) in [6.45, 7) is -0.0287. The molecule has 0 bridgehead atoms. The largest absolute Gasteiger partial charge is 0.480 e. The van der Waals surface area contributed by atoms with Crippen molar-refractivity contribution in [3.63, 3.8) is 0 Å². The molecule has 0 aliphatic carbocycles. The van der Waals surface area contributed by atoms with Gasteiger partial charge < -0.3 is 25.5 Å². The highest BCUT2D eigenvalue weighted by atomic mass is 16.4. The smallest absolute Gasteiger partial charge is 0.325 e. The van der Waals surface area contributed by atoms with Crippen molar-refractivity contribution in [2.24, 2.45) is 5.41 Å². The molecule has 0 aromatic carbocycles. The molecule has 0 saturated carbocycles. The second-order valence-electron chi connectivity index (χ2n) is 5.85. The Morgan fingerprint density at radius 1 is 0.833 bits per heavy atom. The summed E-state index contributed by atoms with van der Waals surface area (Å²) in [5.41, 5.74) is -2.67. The molecule has 24 heavy (non-hydrogen) atoms. The van der Waals surface area contributed by atoms with Crippen LogP contribution in [0.4, 0.5) is 0 Å². The highest BCUT2D eigenvalue weighted by Gasteiger charge is 2.55. The zero-order chi connectivity index (χ0) is 18.8. The van der Waals surface area contributed by atoms with Gasteiger partial charge in [-0.2, -0.15) is 0 Å². The first-order chi connectivity index (χ1) is 11.3. The molecule has 0 amide bonds. The van der Waals surface area contributed by atoms with Gasteiger partial charge in [0.15, 0.2) is 17.0 Å². The van der Waals surface area contributed by atoms with Gasteiger partial charge in [-0.3, -0.25) is 14.4 Å². The summed E-state index contributed by atoms with van der Waals surface area (Å²) in [6, 6.07) is 0. The molecule has 140 valence electrons. The minimum absolute atomic E-state index is 0.226. The van der Waals surface area contributed by atoms with Gasteiger partial charge in [-0.25, -0.2) is 0 Å². The fourth-order valence-electron chi connectivity index (χ4n) is 2.59. The van der Waals surface area contributed by atoms with Crippen LogP contribution in [0.1, 0.15) is 51.9 Å². The van der Waals surface area contributed by atoms with Crippen LogP contribution in [0.2, 0.25) is 0 Å². The van der Waals surface area contributed by atoms with Gasteiger partial charge in [-0.1, -0.05) is 45.4 Å². The maximum absolute atomic E-state index is 12.3. The van der Waals surface area contributed by atoms with Crippen LogP contribution >= 0.6 is 0 Å². The fourth-order valence-corrected chi connectivity index (χ4v) is 2.59. The molecular weight excluding hydrogens is 320 g/mol. The molecule has 0 fully saturated rings. The topological polar surface area (TPSA) is 152 Å². The summed E-state index contributed by atoms with van der Waals surface area (Å²) in [6.07, 6.45) is 0.112. The van der Waals surface area contributed by atoms with Crippen LogP contribution < -0.4 is 0 Å². The number of aliphatic carboxylic acids is 1. The third kappa shape index (κ3) is 5.62. The Morgan fingerprint density at radius 2 is 1.25 bits per heavy atom. The Hall–Kier alpha value is -1.35. The second kappa shape index (κ2) is 11.2. The molecular formula is C16H28O8. The first-order valence-corrected chi connectivity index (χ1v) is 8.19. The molecule has 0 aromatic rings. The average Bonchev–Trinajstić information content (AvgIpc) is 2.58. The van der Waals surface area contributed by atoms with Crippen molar-refractivity contribution >= 4 is 17.5 Å². The van der Waals surface area contributed by atoms with E-state index in [1.54, 1.807) is 0 Å². The number of carbonyl (C=O) groups excluding carboxylic acids is 2. The number of aliphatic hydroxyl groups is 4. The SMILES string of the molecule is CCCCCCCCC(C(=O)O)(C(=O)C(O)CO)C(=O)C(O)CO. The first kappa shape index (κ1) is 22.6. The van der Waals surface area contributed by atoms with Gasteiger partial charge in [-0.05, 0) is 6.42 Å². The number of unbranched alkanes of at least 4 members (excludes halogenated alkanes) is 5. The Kier molecular flexibility index (Phi) is 10.6. The van der Waals surface area contributed by atoms with Crippen molar-refractivity contribution in [1.29, 1.82) is 0 Å². The van der Waals surface area contributed by atoms with E-state index in [0.717, 1.165) is 25.7 Å². The standard InChI is InChI=1S/C16H28O8/c1-2-3-4-5-6-7-8-16(15(23)24,13(21)11(19)9-17)14(22)12(20)10-18/h11-12,17-20H,2-10H2,1H3,(H,23,24). The van der Waals surface area contributed by atoms with E-state index in [2.05, 4.69) is 0 Å². The molecule has 5 N–H and O–H groups in total. The fraction of sp³-hybridized carbons (Fsp3) is 0.812. The van der Waals surface area contributed by atoms with Crippen LogP contribution in [0.25, 0.3) is 0 Å². The lowest BCUT2D eigenvalue weighted by Crippen LogP contribution is -2.55. The van der Waals surface area contributed by atoms with E-state index in [-0.39, 0.29) is 6.42 Å². The number of Topliss-reactive ketones (excluding diaryl/α,β-unsaturated/α-hetero) is 2. The maximum atomic E-state index is 12.3. The van der Waals surface area contributed by atoms with Crippen LogP contribution in [-0.4, -0.2) is 68.5 Å². The first-order valence-electron chi connectivity index (χ1n) is 8.19. The molecule has 8 nitrogen and oxygen atoms in total. The summed E-state index contributed by atoms with van der Waals surface area (Å²) < 4.78 is 0. The maximum Gasteiger partial charge on any atom is 0.325 e. The summed E-state index contributed by atoms with van der Waals surface area (Å²) in [5.74, 6) is -4.54. The van der Waals surface area contributed by atoms with E-state index in [9.17, 15) is 29.7 Å². The summed E-state index contributed by atoms with van der Waals surface area (Å²) in [7, 11) is 0. The molecule has 0 heterocycles. The van der Waals surface area contributed by atoms with Crippen molar-refractivity contribution in [3.8, 4) is 0 Å². The highest BCUT2D eigenvalue weighted by molar-refractivity contribution is 6.24. The molecule has 0 aliphatic rings. The second-order valence-corrected chi connectivity index (χ2v) is 5.85. The third-order valence-electron chi connectivity index (χ3n) is 4.06. The van der Waals surface area contributed by atoms with Crippen molar-refractivity contribution < 1.29 is 39.9 Å². The zero-order valence-corrected chi connectivity index (χ0v) is 14.0. The van der Waals surface area contributed by atoms with Crippen molar-refractivity contribution in [3.05, 3.63) is 0 Å². The van der Waals surface area contributed by atoms with Crippen LogP contribution in [0.3, 0.4) is 0 Å². The van der Waals surface area contributed by atoms with E-state index in [1.807, 2.05) is 6.92 Å². The predicted octanol–water partition coefficient (Wildman–Crippen LogP) is -0.347. The molecule has 0 aliphatic heterocycles. The minimum Gasteiger partial charge on any atom is -0.480 e. The lowest BCUT2D eigenvalue weighted by Gasteiger charge is -2.29. The number of carboxylic acids is 1. The quantitative estimate of drug-likeness (QED) is 0.211. The molecule has 0 radical (unpaired) electrons. The molecule has 2 unspecified atom stereocenters. The van der Waals surface area contributed by atoms with Crippen LogP contribution in [-0.2, 0) is 14.4 Å². The number of aliphatic hydroxyl groups excluding tert-OH is 4. The van der Waals surface area contributed by atoms with E-state index >= 15 is 0 Å². The van der Waals surface area contributed by atoms with Gasteiger partial charge in [-0.15, -0.1) is 0 Å². The normalized spacial score (nSPS) is 16.2.